The van der Waals surface area contributed by atoms with Crippen molar-refractivity contribution in [2.75, 3.05) is 12.4 Å². The second kappa shape index (κ2) is 5.55. The molecule has 0 fully saturated rings. The molecule has 88 valence electrons. The summed E-state index contributed by atoms with van der Waals surface area (Å²) in [7, 11) is 1.60. The zero-order chi connectivity index (χ0) is 12.1. The Bertz CT molecular complexity index is 502. The second-order valence-corrected chi connectivity index (χ2v) is 3.94. The quantitative estimate of drug-likeness (QED) is 0.901. The van der Waals surface area contributed by atoms with Crippen molar-refractivity contribution in [3.05, 3.63) is 53.2 Å². The number of ether oxygens (including phenoxy) is 1. The van der Waals surface area contributed by atoms with Gasteiger partial charge in [0.1, 0.15) is 0 Å². The predicted molar refractivity (Wildman–Crippen MR) is 69.6 cm³/mol. The van der Waals surface area contributed by atoms with Gasteiger partial charge in [-0.25, -0.2) is 4.98 Å². The van der Waals surface area contributed by atoms with Gasteiger partial charge < -0.3 is 10.1 Å². The molecule has 2 rings (SSSR count). The average Bonchev–Trinajstić information content (AvgIpc) is 2.38. The first-order valence-corrected chi connectivity index (χ1v) is 5.64. The molecule has 0 saturated heterocycles. The van der Waals surface area contributed by atoms with Gasteiger partial charge in [0.2, 0.25) is 5.88 Å². The third-order valence-corrected chi connectivity index (χ3v) is 2.75. The van der Waals surface area contributed by atoms with E-state index in [0.29, 0.717) is 12.4 Å². The minimum atomic E-state index is 0.592. The second-order valence-electron chi connectivity index (χ2n) is 3.53. The fourth-order valence-corrected chi connectivity index (χ4v) is 1.67. The highest BCUT2D eigenvalue weighted by Crippen LogP contribution is 2.18. The largest absolute Gasteiger partial charge is 0.481 e. The predicted octanol–water partition coefficient (Wildman–Crippen LogP) is 3.36. The van der Waals surface area contributed by atoms with Gasteiger partial charge in [0.05, 0.1) is 7.11 Å². The number of pyridine rings is 1. The van der Waals surface area contributed by atoms with E-state index in [1.54, 1.807) is 13.3 Å². The van der Waals surface area contributed by atoms with E-state index in [2.05, 4.69) is 10.3 Å². The van der Waals surface area contributed by atoms with E-state index in [0.717, 1.165) is 16.3 Å². The Morgan fingerprint density at radius 3 is 2.88 bits per heavy atom. The summed E-state index contributed by atoms with van der Waals surface area (Å²) >= 11 is 6.07. The third kappa shape index (κ3) is 3.11. The highest BCUT2D eigenvalue weighted by atomic mass is 35.5. The Labute approximate surface area is 105 Å². The number of halogens is 1. The minimum absolute atomic E-state index is 0.592. The molecule has 2 aromatic rings. The van der Waals surface area contributed by atoms with Gasteiger partial charge in [-0.15, -0.1) is 0 Å². The first-order valence-electron chi connectivity index (χ1n) is 5.27. The molecule has 3 nitrogen and oxygen atoms in total. The molecule has 1 aromatic carbocycles. The van der Waals surface area contributed by atoms with Gasteiger partial charge in [-0.3, -0.25) is 0 Å². The number of methoxy groups -OCH3 is 1. The number of hydrogen-bond acceptors (Lipinski definition) is 3. The molecular formula is C13H13ClN2O. The summed E-state index contributed by atoms with van der Waals surface area (Å²) in [5.74, 6) is 0.592. The Balaban J connectivity index is 2.05. The van der Waals surface area contributed by atoms with Gasteiger partial charge in [-0.1, -0.05) is 29.8 Å². The van der Waals surface area contributed by atoms with E-state index in [4.69, 9.17) is 16.3 Å². The SMILES string of the molecule is COc1cc(NCc2ccccc2Cl)ccn1. The lowest BCUT2D eigenvalue weighted by Crippen LogP contribution is -2.00. The Morgan fingerprint density at radius 2 is 2.12 bits per heavy atom. The molecule has 0 amide bonds. The van der Waals surface area contributed by atoms with Crippen molar-refractivity contribution >= 4 is 17.3 Å². The van der Waals surface area contributed by atoms with Gasteiger partial charge in [-0.05, 0) is 17.7 Å². The smallest absolute Gasteiger partial charge is 0.214 e. The van der Waals surface area contributed by atoms with Crippen molar-refractivity contribution in [2.24, 2.45) is 0 Å². The fourth-order valence-electron chi connectivity index (χ4n) is 1.47. The molecule has 0 aliphatic heterocycles. The molecule has 0 atom stereocenters. The van der Waals surface area contributed by atoms with Crippen LogP contribution in [-0.4, -0.2) is 12.1 Å². The number of hydrogen-bond donors (Lipinski definition) is 1. The normalized spacial score (nSPS) is 10.0. The Kier molecular flexibility index (Phi) is 3.83. The number of rotatable bonds is 4. The van der Waals surface area contributed by atoms with Crippen molar-refractivity contribution < 1.29 is 4.74 Å². The van der Waals surface area contributed by atoms with Crippen LogP contribution in [-0.2, 0) is 6.54 Å². The third-order valence-electron chi connectivity index (χ3n) is 2.38. The number of nitrogens with zero attached hydrogens (tertiary/aromatic N) is 1. The van der Waals surface area contributed by atoms with Gasteiger partial charge in [0.15, 0.2) is 0 Å². The van der Waals surface area contributed by atoms with Crippen molar-refractivity contribution in [1.29, 1.82) is 0 Å². The van der Waals surface area contributed by atoms with E-state index in [1.165, 1.54) is 0 Å². The van der Waals surface area contributed by atoms with Crippen LogP contribution in [0.1, 0.15) is 5.56 Å². The first-order chi connectivity index (χ1) is 8.29. The topological polar surface area (TPSA) is 34.1 Å². The summed E-state index contributed by atoms with van der Waals surface area (Å²) in [6.07, 6.45) is 1.70. The van der Waals surface area contributed by atoms with Crippen molar-refractivity contribution in [3.8, 4) is 5.88 Å². The van der Waals surface area contributed by atoms with Crippen LogP contribution in [0.25, 0.3) is 0 Å². The van der Waals surface area contributed by atoms with Crippen LogP contribution >= 0.6 is 11.6 Å². The van der Waals surface area contributed by atoms with E-state index < -0.39 is 0 Å². The van der Waals surface area contributed by atoms with Crippen LogP contribution in [0.5, 0.6) is 5.88 Å². The van der Waals surface area contributed by atoms with Crippen LogP contribution < -0.4 is 10.1 Å². The van der Waals surface area contributed by atoms with E-state index in [-0.39, 0.29) is 0 Å². The molecule has 0 bridgehead atoms. The van der Waals surface area contributed by atoms with Gasteiger partial charge >= 0.3 is 0 Å². The van der Waals surface area contributed by atoms with E-state index >= 15 is 0 Å². The van der Waals surface area contributed by atoms with Gasteiger partial charge in [0, 0.05) is 29.5 Å². The number of nitrogens with one attached hydrogen (secondary N) is 1. The lowest BCUT2D eigenvalue weighted by molar-refractivity contribution is 0.398. The van der Waals surface area contributed by atoms with Crippen LogP contribution in [0.4, 0.5) is 5.69 Å². The summed E-state index contributed by atoms with van der Waals surface area (Å²) in [6, 6.07) is 11.5. The highest BCUT2D eigenvalue weighted by Gasteiger charge is 2.00. The van der Waals surface area contributed by atoms with Gasteiger partial charge in [0.25, 0.3) is 0 Å². The van der Waals surface area contributed by atoms with Crippen LogP contribution in [0.3, 0.4) is 0 Å². The van der Waals surface area contributed by atoms with Crippen LogP contribution in [0, 0.1) is 0 Å². The molecule has 0 spiro atoms. The molecule has 1 aromatic heterocycles. The fraction of sp³-hybridized carbons (Fsp3) is 0.154. The minimum Gasteiger partial charge on any atom is -0.481 e. The maximum absolute atomic E-state index is 6.07. The van der Waals surface area contributed by atoms with Crippen LogP contribution in [0.15, 0.2) is 42.6 Å². The molecule has 17 heavy (non-hydrogen) atoms. The maximum Gasteiger partial charge on any atom is 0.214 e. The zero-order valence-corrected chi connectivity index (χ0v) is 10.2. The van der Waals surface area contributed by atoms with Crippen molar-refractivity contribution in [1.82, 2.24) is 4.98 Å². The lowest BCUT2D eigenvalue weighted by atomic mass is 10.2. The summed E-state index contributed by atoms with van der Waals surface area (Å²) in [5.41, 5.74) is 2.02. The molecule has 4 heteroatoms. The standard InChI is InChI=1S/C13H13ClN2O/c1-17-13-8-11(6-7-15-13)16-9-10-4-2-3-5-12(10)14/h2-8H,9H2,1H3,(H,15,16). The summed E-state index contributed by atoms with van der Waals surface area (Å²) in [4.78, 5) is 4.04. The zero-order valence-electron chi connectivity index (χ0n) is 9.48. The Morgan fingerprint density at radius 1 is 1.29 bits per heavy atom. The van der Waals surface area contributed by atoms with Gasteiger partial charge in [-0.2, -0.15) is 0 Å². The molecule has 1 heterocycles. The summed E-state index contributed by atoms with van der Waals surface area (Å²) in [6.45, 7) is 0.673. The number of anilines is 1. The van der Waals surface area contributed by atoms with E-state index in [1.807, 2.05) is 36.4 Å². The summed E-state index contributed by atoms with van der Waals surface area (Å²) in [5, 5.41) is 4.04. The molecular weight excluding hydrogens is 236 g/mol. The maximum atomic E-state index is 6.07. The summed E-state index contributed by atoms with van der Waals surface area (Å²) < 4.78 is 5.05. The molecule has 0 unspecified atom stereocenters. The monoisotopic (exact) mass is 248 g/mol. The molecule has 0 aliphatic rings. The van der Waals surface area contributed by atoms with Crippen molar-refractivity contribution in [2.45, 2.75) is 6.54 Å². The van der Waals surface area contributed by atoms with Crippen LogP contribution in [0.2, 0.25) is 5.02 Å². The lowest BCUT2D eigenvalue weighted by Gasteiger charge is -2.08. The number of benzene rings is 1. The number of aromatic nitrogens is 1. The first kappa shape index (κ1) is 11.7. The molecule has 0 saturated carbocycles. The molecule has 0 aliphatic carbocycles. The molecule has 0 radical (unpaired) electrons. The Hall–Kier alpha value is -1.74. The van der Waals surface area contributed by atoms with E-state index in [9.17, 15) is 0 Å². The molecule has 1 N–H and O–H groups in total. The van der Waals surface area contributed by atoms with Crippen molar-refractivity contribution in [3.63, 3.8) is 0 Å². The average molecular weight is 249 g/mol. The highest BCUT2D eigenvalue weighted by molar-refractivity contribution is 6.31.